The Morgan fingerprint density at radius 1 is 0.800 bits per heavy atom. The first-order chi connectivity index (χ1) is 9.81. The Kier molecular flexibility index (Phi) is 15.6. The summed E-state index contributed by atoms with van der Waals surface area (Å²) in [4.78, 5) is 11.1. The minimum atomic E-state index is -0.0831. The van der Waals surface area contributed by atoms with Crippen LogP contribution in [0.1, 0.15) is 90.9 Å². The lowest BCUT2D eigenvalue weighted by molar-refractivity contribution is -0.142. The van der Waals surface area contributed by atoms with Gasteiger partial charge in [0.1, 0.15) is 0 Å². The fourth-order valence-corrected chi connectivity index (χ4v) is 2.24. The van der Waals surface area contributed by atoms with E-state index in [0.717, 1.165) is 12.8 Å². The standard InChI is InChI=1S/C18H34O2/c1-3-5-6-7-8-9-10-11-12-13-14-15-16-17-18(19)20-4-2/h14-15H,3-13,16-17H2,1-2H3. The second-order valence-electron chi connectivity index (χ2n) is 5.43. The Morgan fingerprint density at radius 2 is 1.35 bits per heavy atom. The molecule has 0 fully saturated rings. The van der Waals surface area contributed by atoms with E-state index in [9.17, 15) is 4.79 Å². The fraction of sp³-hybridized carbons (Fsp3) is 0.833. The quantitative estimate of drug-likeness (QED) is 0.228. The first kappa shape index (κ1) is 19.2. The first-order valence-corrected chi connectivity index (χ1v) is 8.61. The van der Waals surface area contributed by atoms with Crippen molar-refractivity contribution in [1.29, 1.82) is 0 Å². The monoisotopic (exact) mass is 282 g/mol. The molecule has 0 spiro atoms. The van der Waals surface area contributed by atoms with Gasteiger partial charge >= 0.3 is 5.97 Å². The van der Waals surface area contributed by atoms with E-state index in [-0.39, 0.29) is 5.97 Å². The molecule has 2 nitrogen and oxygen atoms in total. The van der Waals surface area contributed by atoms with E-state index >= 15 is 0 Å². The van der Waals surface area contributed by atoms with E-state index in [1.54, 1.807) is 0 Å². The molecule has 0 aliphatic rings. The van der Waals surface area contributed by atoms with E-state index in [0.29, 0.717) is 13.0 Å². The molecule has 0 aromatic carbocycles. The van der Waals surface area contributed by atoms with Crippen molar-refractivity contribution in [2.45, 2.75) is 90.9 Å². The van der Waals surface area contributed by atoms with Crippen molar-refractivity contribution in [3.05, 3.63) is 12.2 Å². The molecule has 0 aliphatic heterocycles. The molecule has 0 aliphatic carbocycles. The van der Waals surface area contributed by atoms with Crippen molar-refractivity contribution >= 4 is 5.97 Å². The highest BCUT2D eigenvalue weighted by Gasteiger charge is 1.97. The van der Waals surface area contributed by atoms with Crippen molar-refractivity contribution in [2.24, 2.45) is 0 Å². The molecule has 0 aromatic heterocycles. The van der Waals surface area contributed by atoms with E-state index in [4.69, 9.17) is 4.74 Å². The van der Waals surface area contributed by atoms with Crippen LogP contribution in [0.2, 0.25) is 0 Å². The molecular formula is C18H34O2. The normalized spacial score (nSPS) is 11.1. The van der Waals surface area contributed by atoms with Crippen LogP contribution >= 0.6 is 0 Å². The number of carbonyl (C=O) groups excluding carboxylic acids is 1. The van der Waals surface area contributed by atoms with Gasteiger partial charge in [-0.15, -0.1) is 0 Å². The SMILES string of the molecule is CCCCCCCCCCCC=CCCC(=O)OCC. The zero-order valence-electron chi connectivity index (χ0n) is 13.7. The molecule has 0 rings (SSSR count). The number of carbonyl (C=O) groups is 1. The first-order valence-electron chi connectivity index (χ1n) is 8.61. The predicted octanol–water partition coefficient (Wildman–Crippen LogP) is 5.81. The van der Waals surface area contributed by atoms with Crippen molar-refractivity contribution in [2.75, 3.05) is 6.61 Å². The number of unbranched alkanes of at least 4 members (excludes halogenated alkanes) is 9. The van der Waals surface area contributed by atoms with Crippen LogP contribution in [0.3, 0.4) is 0 Å². The molecule has 20 heavy (non-hydrogen) atoms. The Hall–Kier alpha value is -0.790. The summed E-state index contributed by atoms with van der Waals surface area (Å²) in [5.41, 5.74) is 0. The zero-order valence-corrected chi connectivity index (χ0v) is 13.7. The number of esters is 1. The van der Waals surface area contributed by atoms with E-state index in [1.807, 2.05) is 6.92 Å². The fourth-order valence-electron chi connectivity index (χ4n) is 2.24. The molecule has 2 heteroatoms. The minimum absolute atomic E-state index is 0.0831. The second kappa shape index (κ2) is 16.3. The van der Waals surface area contributed by atoms with Crippen LogP contribution in [-0.4, -0.2) is 12.6 Å². The highest BCUT2D eigenvalue weighted by molar-refractivity contribution is 5.69. The largest absolute Gasteiger partial charge is 0.466 e. The third-order valence-electron chi connectivity index (χ3n) is 3.46. The van der Waals surface area contributed by atoms with Gasteiger partial charge in [-0.1, -0.05) is 70.4 Å². The van der Waals surface area contributed by atoms with Gasteiger partial charge in [0.2, 0.25) is 0 Å². The van der Waals surface area contributed by atoms with Gasteiger partial charge in [0, 0.05) is 6.42 Å². The molecule has 0 unspecified atom stereocenters. The number of allylic oxidation sites excluding steroid dienone is 2. The van der Waals surface area contributed by atoms with E-state index in [1.165, 1.54) is 57.8 Å². The highest BCUT2D eigenvalue weighted by Crippen LogP contribution is 2.10. The molecule has 0 amide bonds. The van der Waals surface area contributed by atoms with Crippen LogP contribution in [0.5, 0.6) is 0 Å². The molecule has 0 bridgehead atoms. The summed E-state index contributed by atoms with van der Waals surface area (Å²) < 4.78 is 4.88. The van der Waals surface area contributed by atoms with Gasteiger partial charge in [-0.05, 0) is 26.2 Å². The van der Waals surface area contributed by atoms with Crippen molar-refractivity contribution in [1.82, 2.24) is 0 Å². The summed E-state index contributed by atoms with van der Waals surface area (Å²) in [7, 11) is 0. The van der Waals surface area contributed by atoms with Gasteiger partial charge in [0.05, 0.1) is 6.61 Å². The summed E-state index contributed by atoms with van der Waals surface area (Å²) in [6.07, 6.45) is 19.2. The maximum Gasteiger partial charge on any atom is 0.306 e. The highest BCUT2D eigenvalue weighted by atomic mass is 16.5. The van der Waals surface area contributed by atoms with Gasteiger partial charge in [-0.2, -0.15) is 0 Å². The summed E-state index contributed by atoms with van der Waals surface area (Å²) in [6.45, 7) is 4.60. The van der Waals surface area contributed by atoms with Crippen molar-refractivity contribution in [3.63, 3.8) is 0 Å². The maximum atomic E-state index is 11.1. The lowest BCUT2D eigenvalue weighted by atomic mass is 10.1. The van der Waals surface area contributed by atoms with Gasteiger partial charge in [-0.25, -0.2) is 0 Å². The topological polar surface area (TPSA) is 26.3 Å². The number of hydrogen-bond acceptors (Lipinski definition) is 2. The average molecular weight is 282 g/mol. The van der Waals surface area contributed by atoms with E-state index < -0.39 is 0 Å². The third-order valence-corrected chi connectivity index (χ3v) is 3.46. The van der Waals surface area contributed by atoms with Crippen LogP contribution in [0, 0.1) is 0 Å². The summed E-state index contributed by atoms with van der Waals surface area (Å²) >= 11 is 0. The Morgan fingerprint density at radius 3 is 1.95 bits per heavy atom. The smallest absolute Gasteiger partial charge is 0.306 e. The molecule has 0 saturated heterocycles. The second-order valence-corrected chi connectivity index (χ2v) is 5.43. The van der Waals surface area contributed by atoms with Crippen LogP contribution in [0.15, 0.2) is 12.2 Å². The number of hydrogen-bond donors (Lipinski definition) is 0. The summed E-state index contributed by atoms with van der Waals surface area (Å²) in [5, 5.41) is 0. The van der Waals surface area contributed by atoms with Crippen LogP contribution < -0.4 is 0 Å². The maximum absolute atomic E-state index is 11.1. The predicted molar refractivity (Wildman–Crippen MR) is 86.9 cm³/mol. The Bertz CT molecular complexity index is 234. The molecule has 0 heterocycles. The molecule has 0 aromatic rings. The molecule has 118 valence electrons. The van der Waals surface area contributed by atoms with E-state index in [2.05, 4.69) is 19.1 Å². The van der Waals surface area contributed by atoms with Crippen molar-refractivity contribution in [3.8, 4) is 0 Å². The van der Waals surface area contributed by atoms with Crippen LogP contribution in [-0.2, 0) is 9.53 Å². The Balaban J connectivity index is 3.13. The summed E-state index contributed by atoms with van der Waals surface area (Å²) in [6, 6.07) is 0. The lowest BCUT2D eigenvalue weighted by Crippen LogP contribution is -2.02. The number of ether oxygens (including phenoxy) is 1. The minimum Gasteiger partial charge on any atom is -0.466 e. The molecule has 0 radical (unpaired) electrons. The van der Waals surface area contributed by atoms with Gasteiger partial charge in [-0.3, -0.25) is 4.79 Å². The van der Waals surface area contributed by atoms with Crippen LogP contribution in [0.4, 0.5) is 0 Å². The van der Waals surface area contributed by atoms with Gasteiger partial charge < -0.3 is 4.74 Å². The number of rotatable bonds is 14. The molecule has 0 atom stereocenters. The van der Waals surface area contributed by atoms with Gasteiger partial charge in [0.25, 0.3) is 0 Å². The molecule has 0 saturated carbocycles. The third kappa shape index (κ3) is 15.3. The van der Waals surface area contributed by atoms with Crippen molar-refractivity contribution < 1.29 is 9.53 Å². The summed E-state index contributed by atoms with van der Waals surface area (Å²) in [5.74, 6) is -0.0831. The lowest BCUT2D eigenvalue weighted by Gasteiger charge is -2.00. The molecular weight excluding hydrogens is 248 g/mol. The Labute approximate surface area is 126 Å². The zero-order chi connectivity index (χ0) is 14.9. The average Bonchev–Trinajstić information content (AvgIpc) is 2.44. The van der Waals surface area contributed by atoms with Gasteiger partial charge in [0.15, 0.2) is 0 Å². The molecule has 0 N–H and O–H groups in total. The van der Waals surface area contributed by atoms with Crippen LogP contribution in [0.25, 0.3) is 0 Å².